The molecule has 3 nitrogen and oxygen atoms in total. The molecule has 0 bridgehead atoms. The Labute approximate surface area is 110 Å². The minimum atomic E-state index is -0.535. The van der Waals surface area contributed by atoms with Crippen LogP contribution in [0, 0.1) is 5.92 Å². The van der Waals surface area contributed by atoms with Gasteiger partial charge in [-0.25, -0.2) is 0 Å². The summed E-state index contributed by atoms with van der Waals surface area (Å²) in [5.41, 5.74) is 6.73. The van der Waals surface area contributed by atoms with E-state index in [1.54, 1.807) is 0 Å². The summed E-state index contributed by atoms with van der Waals surface area (Å²) < 4.78 is 6.15. The first-order valence-electron chi connectivity index (χ1n) is 5.71. The van der Waals surface area contributed by atoms with Gasteiger partial charge in [-0.1, -0.05) is 48.3 Å². The van der Waals surface area contributed by atoms with Crippen LogP contribution in [0.1, 0.15) is 25.8 Å². The molecule has 2 unspecified atom stereocenters. The van der Waals surface area contributed by atoms with Gasteiger partial charge in [0.1, 0.15) is 12.6 Å². The standard InChI is InChI=1S/C13H18BrNO2/c1-3-9(2)12(15)13(16)17-8-10-5-4-6-11(14)7-10/h4-7,9,12H,3,8,15H2,1-2H3. The van der Waals surface area contributed by atoms with Crippen molar-refractivity contribution in [2.24, 2.45) is 11.7 Å². The van der Waals surface area contributed by atoms with Gasteiger partial charge in [-0.2, -0.15) is 0 Å². The zero-order valence-corrected chi connectivity index (χ0v) is 11.7. The first-order valence-corrected chi connectivity index (χ1v) is 6.50. The topological polar surface area (TPSA) is 52.3 Å². The Morgan fingerprint density at radius 2 is 2.24 bits per heavy atom. The number of rotatable bonds is 5. The SMILES string of the molecule is CCC(C)C(N)C(=O)OCc1cccc(Br)c1. The van der Waals surface area contributed by atoms with Crippen LogP contribution in [-0.2, 0) is 16.1 Å². The second-order valence-corrected chi connectivity index (χ2v) is 5.06. The molecule has 0 saturated carbocycles. The first-order chi connectivity index (χ1) is 8.04. The summed E-state index contributed by atoms with van der Waals surface area (Å²) in [6.45, 7) is 4.22. The van der Waals surface area contributed by atoms with Crippen molar-refractivity contribution in [3.05, 3.63) is 34.3 Å². The Hall–Kier alpha value is -0.870. The van der Waals surface area contributed by atoms with Gasteiger partial charge in [0, 0.05) is 4.47 Å². The Kier molecular flexibility index (Phi) is 5.65. The van der Waals surface area contributed by atoms with E-state index in [4.69, 9.17) is 10.5 Å². The zero-order chi connectivity index (χ0) is 12.8. The molecule has 0 heterocycles. The molecule has 4 heteroatoms. The predicted octanol–water partition coefficient (Wildman–Crippen LogP) is 2.87. The van der Waals surface area contributed by atoms with Crippen molar-refractivity contribution >= 4 is 21.9 Å². The van der Waals surface area contributed by atoms with Crippen molar-refractivity contribution in [3.63, 3.8) is 0 Å². The molecule has 0 aliphatic rings. The summed E-state index contributed by atoms with van der Waals surface area (Å²) in [7, 11) is 0. The molecule has 2 N–H and O–H groups in total. The van der Waals surface area contributed by atoms with E-state index in [-0.39, 0.29) is 18.5 Å². The molecule has 0 saturated heterocycles. The maximum absolute atomic E-state index is 11.6. The normalized spacial score (nSPS) is 14.1. The van der Waals surface area contributed by atoms with Crippen molar-refractivity contribution in [2.75, 3.05) is 0 Å². The summed E-state index contributed by atoms with van der Waals surface area (Å²) in [5, 5.41) is 0. The smallest absolute Gasteiger partial charge is 0.323 e. The van der Waals surface area contributed by atoms with Gasteiger partial charge in [0.25, 0.3) is 0 Å². The van der Waals surface area contributed by atoms with Gasteiger partial charge in [-0.05, 0) is 23.6 Å². The summed E-state index contributed by atoms with van der Waals surface area (Å²) in [6.07, 6.45) is 0.868. The fourth-order valence-electron chi connectivity index (χ4n) is 1.36. The molecule has 0 radical (unpaired) electrons. The van der Waals surface area contributed by atoms with E-state index in [9.17, 15) is 4.79 Å². The monoisotopic (exact) mass is 299 g/mol. The average Bonchev–Trinajstić information content (AvgIpc) is 2.34. The maximum Gasteiger partial charge on any atom is 0.323 e. The van der Waals surface area contributed by atoms with Crippen LogP contribution in [0.4, 0.5) is 0 Å². The Morgan fingerprint density at radius 1 is 1.53 bits per heavy atom. The molecule has 17 heavy (non-hydrogen) atoms. The fraction of sp³-hybridized carbons (Fsp3) is 0.462. The van der Waals surface area contributed by atoms with Crippen molar-refractivity contribution in [2.45, 2.75) is 32.9 Å². The van der Waals surface area contributed by atoms with Gasteiger partial charge in [-0.3, -0.25) is 4.79 Å². The highest BCUT2D eigenvalue weighted by atomic mass is 79.9. The molecule has 0 spiro atoms. The van der Waals surface area contributed by atoms with Crippen molar-refractivity contribution < 1.29 is 9.53 Å². The minimum absolute atomic E-state index is 0.144. The molecule has 1 aromatic rings. The first kappa shape index (κ1) is 14.2. The van der Waals surface area contributed by atoms with E-state index < -0.39 is 6.04 Å². The van der Waals surface area contributed by atoms with Crippen LogP contribution in [0.5, 0.6) is 0 Å². The van der Waals surface area contributed by atoms with Crippen molar-refractivity contribution in [1.29, 1.82) is 0 Å². The molecule has 0 amide bonds. The third kappa shape index (κ3) is 4.48. The van der Waals surface area contributed by atoms with Crippen LogP contribution in [0.2, 0.25) is 0 Å². The molecule has 0 aliphatic carbocycles. The van der Waals surface area contributed by atoms with E-state index in [0.717, 1.165) is 16.5 Å². The van der Waals surface area contributed by atoms with Gasteiger partial charge in [0.05, 0.1) is 0 Å². The number of nitrogens with two attached hydrogens (primary N) is 1. The third-order valence-electron chi connectivity index (χ3n) is 2.80. The molecule has 1 rings (SSSR count). The van der Waals surface area contributed by atoms with Crippen LogP contribution in [-0.4, -0.2) is 12.0 Å². The van der Waals surface area contributed by atoms with E-state index in [1.807, 2.05) is 38.1 Å². The average molecular weight is 300 g/mol. The highest BCUT2D eigenvalue weighted by Gasteiger charge is 2.20. The molecule has 94 valence electrons. The number of carbonyl (C=O) groups excluding carboxylic acids is 1. The molecule has 0 fully saturated rings. The fourth-order valence-corrected chi connectivity index (χ4v) is 1.81. The lowest BCUT2D eigenvalue weighted by molar-refractivity contribution is -0.147. The Balaban J connectivity index is 2.48. The van der Waals surface area contributed by atoms with Crippen LogP contribution in [0.15, 0.2) is 28.7 Å². The quantitative estimate of drug-likeness (QED) is 0.851. The van der Waals surface area contributed by atoms with Gasteiger partial charge in [0.2, 0.25) is 0 Å². The highest BCUT2D eigenvalue weighted by Crippen LogP contribution is 2.13. The van der Waals surface area contributed by atoms with Gasteiger partial charge in [0.15, 0.2) is 0 Å². The number of ether oxygens (including phenoxy) is 1. The van der Waals surface area contributed by atoms with E-state index in [0.29, 0.717) is 0 Å². The molecule has 0 aromatic heterocycles. The lowest BCUT2D eigenvalue weighted by Gasteiger charge is -2.16. The van der Waals surface area contributed by atoms with Crippen LogP contribution >= 0.6 is 15.9 Å². The van der Waals surface area contributed by atoms with Crippen LogP contribution in [0.3, 0.4) is 0 Å². The van der Waals surface area contributed by atoms with E-state index in [1.165, 1.54) is 0 Å². The Bertz CT molecular complexity index is 381. The Morgan fingerprint density at radius 3 is 2.82 bits per heavy atom. The number of hydrogen-bond acceptors (Lipinski definition) is 3. The van der Waals surface area contributed by atoms with Gasteiger partial charge in [-0.15, -0.1) is 0 Å². The largest absolute Gasteiger partial charge is 0.460 e. The number of carbonyl (C=O) groups is 1. The summed E-state index contributed by atoms with van der Waals surface area (Å²) >= 11 is 3.37. The molecular formula is C13H18BrNO2. The highest BCUT2D eigenvalue weighted by molar-refractivity contribution is 9.10. The zero-order valence-electron chi connectivity index (χ0n) is 10.2. The minimum Gasteiger partial charge on any atom is -0.460 e. The number of hydrogen-bond donors (Lipinski definition) is 1. The van der Waals surface area contributed by atoms with Crippen molar-refractivity contribution in [3.8, 4) is 0 Å². The number of halogens is 1. The molecule has 2 atom stereocenters. The second kappa shape index (κ2) is 6.77. The predicted molar refractivity (Wildman–Crippen MR) is 71.4 cm³/mol. The lowest BCUT2D eigenvalue weighted by Crippen LogP contribution is -2.37. The van der Waals surface area contributed by atoms with Gasteiger partial charge < -0.3 is 10.5 Å². The summed E-state index contributed by atoms with van der Waals surface area (Å²) in [4.78, 5) is 11.6. The number of benzene rings is 1. The molecule has 0 aliphatic heterocycles. The second-order valence-electron chi connectivity index (χ2n) is 4.15. The molecular weight excluding hydrogens is 282 g/mol. The third-order valence-corrected chi connectivity index (χ3v) is 3.29. The lowest BCUT2D eigenvalue weighted by atomic mass is 10.0. The summed E-state index contributed by atoms with van der Waals surface area (Å²) in [6, 6.07) is 7.12. The van der Waals surface area contributed by atoms with Crippen LogP contribution in [0.25, 0.3) is 0 Å². The maximum atomic E-state index is 11.6. The molecule has 1 aromatic carbocycles. The number of esters is 1. The van der Waals surface area contributed by atoms with Crippen LogP contribution < -0.4 is 5.73 Å². The van der Waals surface area contributed by atoms with Crippen molar-refractivity contribution in [1.82, 2.24) is 0 Å². The van der Waals surface area contributed by atoms with E-state index in [2.05, 4.69) is 15.9 Å². The summed E-state index contributed by atoms with van der Waals surface area (Å²) in [5.74, 6) is -0.190. The van der Waals surface area contributed by atoms with Gasteiger partial charge >= 0.3 is 5.97 Å². The van der Waals surface area contributed by atoms with E-state index >= 15 is 0 Å².